The second-order valence-electron chi connectivity index (χ2n) is 5.24. The predicted octanol–water partition coefficient (Wildman–Crippen LogP) is 3.09. The van der Waals surface area contributed by atoms with Gasteiger partial charge in [0.1, 0.15) is 5.92 Å². The van der Waals surface area contributed by atoms with Crippen molar-refractivity contribution in [1.82, 2.24) is 5.32 Å². The zero-order chi connectivity index (χ0) is 14.3. The van der Waals surface area contributed by atoms with E-state index >= 15 is 0 Å². The van der Waals surface area contributed by atoms with Crippen molar-refractivity contribution in [3.8, 4) is 6.07 Å². The molecular formula is C16H22N2O. The fourth-order valence-electron chi connectivity index (χ4n) is 1.98. The molecule has 102 valence electrons. The molecule has 1 amide bonds. The van der Waals surface area contributed by atoms with E-state index in [9.17, 15) is 4.79 Å². The van der Waals surface area contributed by atoms with Gasteiger partial charge in [0.05, 0.1) is 6.07 Å². The van der Waals surface area contributed by atoms with Crippen LogP contribution < -0.4 is 5.32 Å². The molecule has 1 N–H and O–H groups in total. The molecule has 0 aliphatic carbocycles. The van der Waals surface area contributed by atoms with E-state index in [0.29, 0.717) is 12.5 Å². The van der Waals surface area contributed by atoms with Crippen molar-refractivity contribution < 1.29 is 4.79 Å². The van der Waals surface area contributed by atoms with E-state index in [1.807, 2.05) is 32.0 Å². The van der Waals surface area contributed by atoms with Crippen LogP contribution in [0.3, 0.4) is 0 Å². The summed E-state index contributed by atoms with van der Waals surface area (Å²) in [7, 11) is 0. The average Bonchev–Trinajstić information content (AvgIpc) is 2.40. The van der Waals surface area contributed by atoms with Crippen molar-refractivity contribution in [2.24, 2.45) is 11.8 Å². The number of nitrogens with one attached hydrogen (secondary N) is 1. The summed E-state index contributed by atoms with van der Waals surface area (Å²) < 4.78 is 0. The van der Waals surface area contributed by atoms with Crippen LogP contribution in [0.2, 0.25) is 0 Å². The maximum atomic E-state index is 11.8. The molecule has 0 aliphatic heterocycles. The summed E-state index contributed by atoms with van der Waals surface area (Å²) in [6.07, 6.45) is 0.881. The third kappa shape index (κ3) is 4.75. The molecule has 0 aromatic heterocycles. The molecular weight excluding hydrogens is 236 g/mol. The van der Waals surface area contributed by atoms with Gasteiger partial charge in [0, 0.05) is 6.54 Å². The van der Waals surface area contributed by atoms with Gasteiger partial charge in [-0.15, -0.1) is 0 Å². The molecule has 0 aliphatic rings. The van der Waals surface area contributed by atoms with Gasteiger partial charge in [-0.25, -0.2) is 0 Å². The van der Waals surface area contributed by atoms with Crippen LogP contribution in [0.4, 0.5) is 0 Å². The van der Waals surface area contributed by atoms with E-state index in [1.165, 1.54) is 5.56 Å². The van der Waals surface area contributed by atoms with Crippen LogP contribution in [-0.2, 0) is 4.79 Å². The Kier molecular flexibility index (Phi) is 6.08. The van der Waals surface area contributed by atoms with Crippen molar-refractivity contribution in [2.75, 3.05) is 6.54 Å². The number of benzene rings is 1. The molecule has 0 saturated carbocycles. The highest BCUT2D eigenvalue weighted by molar-refractivity contribution is 5.81. The number of amides is 1. The Bertz CT molecular complexity index is 434. The minimum absolute atomic E-state index is 0.0524. The normalized spacial score (nSPS) is 13.6. The highest BCUT2D eigenvalue weighted by atomic mass is 16.1. The number of nitrogens with zero attached hydrogens (tertiary/aromatic N) is 1. The Morgan fingerprint density at radius 1 is 1.26 bits per heavy atom. The van der Waals surface area contributed by atoms with Crippen molar-refractivity contribution in [1.29, 1.82) is 5.26 Å². The van der Waals surface area contributed by atoms with E-state index in [4.69, 9.17) is 5.26 Å². The average molecular weight is 258 g/mol. The third-order valence-electron chi connectivity index (χ3n) is 3.33. The molecule has 0 heterocycles. The predicted molar refractivity (Wildman–Crippen MR) is 76.4 cm³/mol. The van der Waals surface area contributed by atoms with E-state index in [0.717, 1.165) is 6.42 Å². The Hall–Kier alpha value is -1.82. The molecule has 0 fully saturated rings. The number of rotatable bonds is 6. The van der Waals surface area contributed by atoms with Gasteiger partial charge in [-0.3, -0.25) is 4.79 Å². The summed E-state index contributed by atoms with van der Waals surface area (Å²) in [5.41, 5.74) is 1.28. The minimum Gasteiger partial charge on any atom is -0.355 e. The van der Waals surface area contributed by atoms with Crippen LogP contribution in [0.1, 0.15) is 38.7 Å². The highest BCUT2D eigenvalue weighted by Gasteiger charge is 2.21. The monoisotopic (exact) mass is 258 g/mol. The topological polar surface area (TPSA) is 52.9 Å². The van der Waals surface area contributed by atoms with Crippen LogP contribution in [0.5, 0.6) is 0 Å². The second kappa shape index (κ2) is 7.58. The lowest BCUT2D eigenvalue weighted by Crippen LogP contribution is -2.33. The van der Waals surface area contributed by atoms with Gasteiger partial charge in [-0.05, 0) is 23.8 Å². The minimum atomic E-state index is -0.549. The fourth-order valence-corrected chi connectivity index (χ4v) is 1.98. The first-order valence-electron chi connectivity index (χ1n) is 6.78. The first-order chi connectivity index (χ1) is 9.06. The van der Waals surface area contributed by atoms with Crippen molar-refractivity contribution in [3.05, 3.63) is 35.9 Å². The molecule has 0 saturated heterocycles. The molecule has 3 heteroatoms. The molecule has 0 bridgehead atoms. The van der Waals surface area contributed by atoms with Crippen molar-refractivity contribution in [3.63, 3.8) is 0 Å². The van der Waals surface area contributed by atoms with Crippen LogP contribution in [0.15, 0.2) is 30.3 Å². The molecule has 1 rings (SSSR count). The lowest BCUT2D eigenvalue weighted by atomic mass is 9.95. The quantitative estimate of drug-likeness (QED) is 0.852. The van der Waals surface area contributed by atoms with Gasteiger partial charge < -0.3 is 5.32 Å². The lowest BCUT2D eigenvalue weighted by molar-refractivity contribution is -0.124. The van der Waals surface area contributed by atoms with Gasteiger partial charge in [0.2, 0.25) is 5.91 Å². The summed E-state index contributed by atoms with van der Waals surface area (Å²) in [6, 6.07) is 12.3. The number of carbonyl (C=O) groups excluding carboxylic acids is 1. The largest absolute Gasteiger partial charge is 0.355 e. The molecule has 2 unspecified atom stereocenters. The Labute approximate surface area is 115 Å². The van der Waals surface area contributed by atoms with Gasteiger partial charge in [-0.2, -0.15) is 5.26 Å². The van der Waals surface area contributed by atoms with Gasteiger partial charge in [0.25, 0.3) is 0 Å². The molecule has 3 nitrogen and oxygen atoms in total. The standard InChI is InChI=1S/C16H22N2O/c1-12(2)15(11-17)16(19)18-10-9-13(3)14-7-5-4-6-8-14/h4-8,12-13,15H,9-10H2,1-3H3,(H,18,19). The Morgan fingerprint density at radius 3 is 2.42 bits per heavy atom. The third-order valence-corrected chi connectivity index (χ3v) is 3.33. The number of hydrogen-bond acceptors (Lipinski definition) is 2. The van der Waals surface area contributed by atoms with E-state index < -0.39 is 5.92 Å². The molecule has 1 aromatic rings. The highest BCUT2D eigenvalue weighted by Crippen LogP contribution is 2.17. The van der Waals surface area contributed by atoms with E-state index in [1.54, 1.807) is 0 Å². The number of hydrogen-bond donors (Lipinski definition) is 1. The first kappa shape index (κ1) is 15.2. The van der Waals surface area contributed by atoms with Crippen molar-refractivity contribution >= 4 is 5.91 Å². The smallest absolute Gasteiger partial charge is 0.237 e. The first-order valence-corrected chi connectivity index (χ1v) is 6.78. The van der Waals surface area contributed by atoms with Crippen molar-refractivity contribution in [2.45, 2.75) is 33.1 Å². The molecule has 2 atom stereocenters. The molecule has 19 heavy (non-hydrogen) atoms. The maximum absolute atomic E-state index is 11.8. The number of carbonyl (C=O) groups is 1. The van der Waals surface area contributed by atoms with Crippen LogP contribution >= 0.6 is 0 Å². The summed E-state index contributed by atoms with van der Waals surface area (Å²) in [6.45, 7) is 6.53. The van der Waals surface area contributed by atoms with E-state index in [2.05, 4.69) is 30.4 Å². The lowest BCUT2D eigenvalue weighted by Gasteiger charge is -2.15. The molecule has 0 radical (unpaired) electrons. The Balaban J connectivity index is 2.39. The van der Waals surface area contributed by atoms with Crippen LogP contribution in [0, 0.1) is 23.2 Å². The van der Waals surface area contributed by atoms with Gasteiger partial charge in [-0.1, -0.05) is 51.1 Å². The SMILES string of the molecule is CC(CCNC(=O)C(C#N)C(C)C)c1ccccc1. The zero-order valence-corrected chi connectivity index (χ0v) is 11.9. The van der Waals surface area contributed by atoms with Crippen LogP contribution in [-0.4, -0.2) is 12.5 Å². The maximum Gasteiger partial charge on any atom is 0.237 e. The van der Waals surface area contributed by atoms with Gasteiger partial charge in [0.15, 0.2) is 0 Å². The fraction of sp³-hybridized carbons (Fsp3) is 0.500. The second-order valence-corrected chi connectivity index (χ2v) is 5.24. The Morgan fingerprint density at radius 2 is 1.89 bits per heavy atom. The van der Waals surface area contributed by atoms with Gasteiger partial charge >= 0.3 is 0 Å². The zero-order valence-electron chi connectivity index (χ0n) is 11.9. The summed E-state index contributed by atoms with van der Waals surface area (Å²) >= 11 is 0. The van der Waals surface area contributed by atoms with Crippen LogP contribution in [0.25, 0.3) is 0 Å². The number of nitriles is 1. The summed E-state index contributed by atoms with van der Waals surface area (Å²) in [5, 5.41) is 11.8. The summed E-state index contributed by atoms with van der Waals surface area (Å²) in [5.74, 6) is -0.248. The molecule has 1 aromatic carbocycles. The molecule has 0 spiro atoms. The summed E-state index contributed by atoms with van der Waals surface area (Å²) in [4.78, 5) is 11.8. The van der Waals surface area contributed by atoms with E-state index in [-0.39, 0.29) is 11.8 Å².